The minimum atomic E-state index is -2.06. The second-order valence-electron chi connectivity index (χ2n) is 3.20. The van der Waals surface area contributed by atoms with Gasteiger partial charge in [-0.15, -0.1) is 0 Å². The standard InChI is InChI=1S/C10H12F2O2/c1-10(12,6-13)8-4-3-7(14-2)5-9(8)11/h3-5,13H,6H2,1-2H3. The Morgan fingerprint density at radius 2 is 2.14 bits per heavy atom. The van der Waals surface area contributed by atoms with E-state index in [-0.39, 0.29) is 5.56 Å². The Bertz CT molecular complexity index is 324. The summed E-state index contributed by atoms with van der Waals surface area (Å²) >= 11 is 0. The monoisotopic (exact) mass is 202 g/mol. The SMILES string of the molecule is COc1ccc(C(C)(F)CO)c(F)c1. The van der Waals surface area contributed by atoms with Gasteiger partial charge >= 0.3 is 0 Å². The van der Waals surface area contributed by atoms with E-state index in [4.69, 9.17) is 9.84 Å². The maximum absolute atomic E-state index is 13.5. The zero-order valence-corrected chi connectivity index (χ0v) is 8.05. The lowest BCUT2D eigenvalue weighted by atomic mass is 9.98. The number of aliphatic hydroxyl groups excluding tert-OH is 1. The molecule has 0 aliphatic carbocycles. The van der Waals surface area contributed by atoms with Crippen molar-refractivity contribution in [2.75, 3.05) is 13.7 Å². The van der Waals surface area contributed by atoms with Crippen LogP contribution in [0, 0.1) is 5.82 Å². The third-order valence-electron chi connectivity index (χ3n) is 2.03. The molecule has 0 bridgehead atoms. The summed E-state index contributed by atoms with van der Waals surface area (Å²) in [4.78, 5) is 0. The molecule has 1 rings (SSSR count). The molecule has 1 aromatic carbocycles. The molecular formula is C10H12F2O2. The number of ether oxygens (including phenoxy) is 1. The third kappa shape index (κ3) is 2.01. The Morgan fingerprint density at radius 1 is 1.50 bits per heavy atom. The summed E-state index contributed by atoms with van der Waals surface area (Å²) in [5.74, 6) is -0.400. The van der Waals surface area contributed by atoms with Gasteiger partial charge in [0.25, 0.3) is 0 Å². The number of rotatable bonds is 3. The smallest absolute Gasteiger partial charge is 0.158 e. The summed E-state index contributed by atoms with van der Waals surface area (Å²) in [7, 11) is 1.40. The quantitative estimate of drug-likeness (QED) is 0.812. The van der Waals surface area contributed by atoms with Gasteiger partial charge in [-0.05, 0) is 19.1 Å². The van der Waals surface area contributed by atoms with Gasteiger partial charge in [0.05, 0.1) is 13.7 Å². The second-order valence-corrected chi connectivity index (χ2v) is 3.20. The lowest BCUT2D eigenvalue weighted by molar-refractivity contribution is 0.0831. The Kier molecular flexibility index (Phi) is 3.06. The van der Waals surface area contributed by atoms with E-state index in [9.17, 15) is 8.78 Å². The first-order chi connectivity index (χ1) is 6.51. The molecule has 14 heavy (non-hydrogen) atoms. The molecule has 0 aliphatic rings. The van der Waals surface area contributed by atoms with Crippen molar-refractivity contribution < 1.29 is 18.6 Å². The van der Waals surface area contributed by atoms with Gasteiger partial charge < -0.3 is 9.84 Å². The van der Waals surface area contributed by atoms with E-state index < -0.39 is 18.1 Å². The van der Waals surface area contributed by atoms with Gasteiger partial charge in [-0.25, -0.2) is 8.78 Å². The lowest BCUT2D eigenvalue weighted by Gasteiger charge is -2.18. The molecular weight excluding hydrogens is 190 g/mol. The molecule has 78 valence electrons. The summed E-state index contributed by atoms with van der Waals surface area (Å²) in [6, 6.07) is 3.80. The van der Waals surface area contributed by atoms with E-state index in [1.165, 1.54) is 19.2 Å². The number of aliphatic hydroxyl groups is 1. The van der Waals surface area contributed by atoms with Crippen LogP contribution in [0.4, 0.5) is 8.78 Å². The molecule has 0 heterocycles. The summed E-state index contributed by atoms with van der Waals surface area (Å²) in [5.41, 5.74) is -2.23. The molecule has 0 aliphatic heterocycles. The van der Waals surface area contributed by atoms with E-state index in [1.807, 2.05) is 0 Å². The first-order valence-electron chi connectivity index (χ1n) is 4.15. The van der Waals surface area contributed by atoms with Gasteiger partial charge in [0.1, 0.15) is 11.6 Å². The molecule has 4 heteroatoms. The largest absolute Gasteiger partial charge is 0.497 e. The van der Waals surface area contributed by atoms with Crippen LogP contribution in [-0.2, 0) is 5.67 Å². The van der Waals surface area contributed by atoms with Crippen molar-refractivity contribution >= 4 is 0 Å². The van der Waals surface area contributed by atoms with Gasteiger partial charge in [-0.1, -0.05) is 0 Å². The maximum atomic E-state index is 13.5. The lowest BCUT2D eigenvalue weighted by Crippen LogP contribution is -2.21. The topological polar surface area (TPSA) is 29.5 Å². The average Bonchev–Trinajstić information content (AvgIpc) is 2.17. The molecule has 2 nitrogen and oxygen atoms in total. The fourth-order valence-electron chi connectivity index (χ4n) is 1.13. The van der Waals surface area contributed by atoms with Crippen molar-refractivity contribution in [3.8, 4) is 5.75 Å². The van der Waals surface area contributed by atoms with Gasteiger partial charge in [0.2, 0.25) is 0 Å². The van der Waals surface area contributed by atoms with Crippen LogP contribution in [0.2, 0.25) is 0 Å². The van der Waals surface area contributed by atoms with E-state index in [0.717, 1.165) is 13.0 Å². The van der Waals surface area contributed by atoms with Crippen LogP contribution in [0.5, 0.6) is 5.75 Å². The highest BCUT2D eigenvalue weighted by Crippen LogP contribution is 2.29. The van der Waals surface area contributed by atoms with Crippen LogP contribution in [-0.4, -0.2) is 18.8 Å². The maximum Gasteiger partial charge on any atom is 0.158 e. The first kappa shape index (κ1) is 10.9. The van der Waals surface area contributed by atoms with E-state index >= 15 is 0 Å². The van der Waals surface area contributed by atoms with Crippen LogP contribution < -0.4 is 4.74 Å². The molecule has 0 spiro atoms. The molecule has 0 saturated heterocycles. The summed E-state index contributed by atoms with van der Waals surface area (Å²) in [6.07, 6.45) is 0. The van der Waals surface area contributed by atoms with Crippen LogP contribution in [0.25, 0.3) is 0 Å². The van der Waals surface area contributed by atoms with Gasteiger partial charge in [0, 0.05) is 11.6 Å². The number of benzene rings is 1. The van der Waals surface area contributed by atoms with E-state index in [1.54, 1.807) is 0 Å². The number of hydrogen-bond donors (Lipinski definition) is 1. The van der Waals surface area contributed by atoms with E-state index in [0.29, 0.717) is 5.75 Å². The Hall–Kier alpha value is -1.16. The van der Waals surface area contributed by atoms with Crippen molar-refractivity contribution in [1.29, 1.82) is 0 Å². The molecule has 1 N–H and O–H groups in total. The molecule has 0 fully saturated rings. The molecule has 0 saturated carbocycles. The molecule has 0 amide bonds. The van der Waals surface area contributed by atoms with Crippen LogP contribution >= 0.6 is 0 Å². The fourth-order valence-corrected chi connectivity index (χ4v) is 1.13. The highest BCUT2D eigenvalue weighted by atomic mass is 19.1. The van der Waals surface area contributed by atoms with Crippen molar-refractivity contribution in [2.24, 2.45) is 0 Å². The minimum absolute atomic E-state index is 0.166. The second kappa shape index (κ2) is 3.92. The number of hydrogen-bond acceptors (Lipinski definition) is 2. The van der Waals surface area contributed by atoms with Crippen molar-refractivity contribution in [2.45, 2.75) is 12.6 Å². The molecule has 1 atom stereocenters. The number of alkyl halides is 1. The molecule has 0 aromatic heterocycles. The predicted octanol–water partition coefficient (Wildman–Crippen LogP) is 2.01. The third-order valence-corrected chi connectivity index (χ3v) is 2.03. The highest BCUT2D eigenvalue weighted by Gasteiger charge is 2.28. The van der Waals surface area contributed by atoms with Crippen LogP contribution in [0.1, 0.15) is 12.5 Å². The highest BCUT2D eigenvalue weighted by molar-refractivity contribution is 5.32. The molecule has 1 unspecified atom stereocenters. The predicted molar refractivity (Wildman–Crippen MR) is 48.5 cm³/mol. The van der Waals surface area contributed by atoms with Gasteiger partial charge in [-0.3, -0.25) is 0 Å². The number of halogens is 2. The molecule has 1 aromatic rings. The van der Waals surface area contributed by atoms with Crippen LogP contribution in [0.15, 0.2) is 18.2 Å². The zero-order valence-electron chi connectivity index (χ0n) is 8.05. The van der Waals surface area contributed by atoms with E-state index in [2.05, 4.69) is 0 Å². The Morgan fingerprint density at radius 3 is 2.57 bits per heavy atom. The summed E-state index contributed by atoms with van der Waals surface area (Å²) in [6.45, 7) is 0.369. The normalized spacial score (nSPS) is 14.9. The Balaban J connectivity index is 3.12. The van der Waals surface area contributed by atoms with Crippen molar-refractivity contribution in [1.82, 2.24) is 0 Å². The number of methoxy groups -OCH3 is 1. The van der Waals surface area contributed by atoms with Crippen molar-refractivity contribution in [3.63, 3.8) is 0 Å². The molecule has 0 radical (unpaired) electrons. The fraction of sp³-hybridized carbons (Fsp3) is 0.400. The van der Waals surface area contributed by atoms with Crippen molar-refractivity contribution in [3.05, 3.63) is 29.6 Å². The van der Waals surface area contributed by atoms with Gasteiger partial charge in [-0.2, -0.15) is 0 Å². The zero-order chi connectivity index (χ0) is 10.8. The summed E-state index contributed by atoms with van der Waals surface area (Å²) < 4.78 is 31.6. The van der Waals surface area contributed by atoms with Crippen LogP contribution in [0.3, 0.4) is 0 Å². The first-order valence-corrected chi connectivity index (χ1v) is 4.15. The van der Waals surface area contributed by atoms with Gasteiger partial charge in [0.15, 0.2) is 5.67 Å². The average molecular weight is 202 g/mol. The Labute approximate surface area is 81.1 Å². The minimum Gasteiger partial charge on any atom is -0.497 e. The summed E-state index contributed by atoms with van der Waals surface area (Å²) in [5, 5.41) is 8.73.